The number of rotatable bonds is 17. The van der Waals surface area contributed by atoms with Gasteiger partial charge in [0, 0.05) is 65.5 Å². The van der Waals surface area contributed by atoms with Crippen molar-refractivity contribution in [3.8, 4) is 22.5 Å². The van der Waals surface area contributed by atoms with Gasteiger partial charge in [0.25, 0.3) is 0 Å². The summed E-state index contributed by atoms with van der Waals surface area (Å²) in [4.78, 5) is 22.3. The predicted molar refractivity (Wildman–Crippen MR) is 183 cm³/mol. The Morgan fingerprint density at radius 3 is 2.77 bits per heavy atom. The van der Waals surface area contributed by atoms with Crippen LogP contribution in [0.4, 0.5) is 0 Å². The maximum absolute atomic E-state index is 12.7. The van der Waals surface area contributed by atoms with Crippen LogP contribution >= 0.6 is 11.3 Å². The minimum atomic E-state index is -0.682. The number of nitrogens with two attached hydrogens (primary N) is 1. The number of ketones is 1. The van der Waals surface area contributed by atoms with Crippen molar-refractivity contribution in [3.05, 3.63) is 70.8 Å². The predicted octanol–water partition coefficient (Wildman–Crippen LogP) is 7.82. The first-order valence-corrected chi connectivity index (χ1v) is 16.8. The third-order valence-corrected chi connectivity index (χ3v) is 9.50. The SMILES string of the molecule is C=CCCC(C)(C)Cc1c(-c2cccnc2C(C)O)n(CC)c2ccc(-c3csc(CCC(=O)C(C)CCCNN)n3)cc12. The second-order valence-corrected chi connectivity index (χ2v) is 13.6. The van der Waals surface area contributed by atoms with Gasteiger partial charge in [-0.3, -0.25) is 21.0 Å². The number of benzene rings is 1. The van der Waals surface area contributed by atoms with Gasteiger partial charge in [-0.15, -0.1) is 17.9 Å². The number of carbonyl (C=O) groups is 1. The smallest absolute Gasteiger partial charge is 0.136 e. The van der Waals surface area contributed by atoms with E-state index in [1.807, 2.05) is 19.1 Å². The van der Waals surface area contributed by atoms with Gasteiger partial charge in [0.1, 0.15) is 5.78 Å². The molecule has 0 spiro atoms. The lowest BCUT2D eigenvalue weighted by Crippen LogP contribution is -2.24. The van der Waals surface area contributed by atoms with Crippen LogP contribution in [0.1, 0.15) is 89.1 Å². The number of aromatic nitrogens is 3. The summed E-state index contributed by atoms with van der Waals surface area (Å²) in [6.45, 7) is 16.1. The number of nitrogens with zero attached hydrogens (tertiary/aromatic N) is 3. The number of aliphatic hydroxyl groups is 1. The number of aliphatic hydroxyl groups excluding tert-OH is 1. The summed E-state index contributed by atoms with van der Waals surface area (Å²) < 4.78 is 2.36. The van der Waals surface area contributed by atoms with Crippen molar-refractivity contribution < 1.29 is 9.90 Å². The molecule has 0 amide bonds. The highest BCUT2D eigenvalue weighted by Crippen LogP contribution is 2.42. The molecule has 3 aromatic heterocycles. The molecular formula is C36H49N5O2S. The molecule has 0 aliphatic heterocycles. The van der Waals surface area contributed by atoms with Gasteiger partial charge in [0.05, 0.1) is 28.2 Å². The van der Waals surface area contributed by atoms with Crippen molar-refractivity contribution in [2.24, 2.45) is 17.2 Å². The molecule has 0 aliphatic carbocycles. The molecule has 4 N–H and O–H groups in total. The van der Waals surface area contributed by atoms with Gasteiger partial charge in [-0.05, 0) is 81.2 Å². The molecule has 0 saturated carbocycles. The molecule has 0 radical (unpaired) electrons. The third-order valence-electron chi connectivity index (χ3n) is 8.60. The van der Waals surface area contributed by atoms with Crippen LogP contribution in [0.5, 0.6) is 0 Å². The van der Waals surface area contributed by atoms with E-state index in [1.165, 1.54) is 16.5 Å². The standard InChI is InChI=1S/C36H49N5O2S/c1-7-9-18-36(5,6)22-29-28-21-26(30-23-44-33(40-30)17-16-32(43)24(3)12-10-20-39-37)14-15-31(28)41(8-2)35(29)27-13-11-19-38-34(27)25(4)42/h7,11,13-15,19,21,23-25,39,42H,1,8-10,12,16-18,20,22,37H2,2-6H3. The summed E-state index contributed by atoms with van der Waals surface area (Å²) >= 11 is 1.62. The van der Waals surface area contributed by atoms with Gasteiger partial charge >= 0.3 is 0 Å². The van der Waals surface area contributed by atoms with Crippen molar-refractivity contribution in [3.63, 3.8) is 0 Å². The summed E-state index contributed by atoms with van der Waals surface area (Å²) in [6, 6.07) is 10.7. The van der Waals surface area contributed by atoms with Gasteiger partial charge in [-0.1, -0.05) is 32.9 Å². The molecule has 8 heteroatoms. The van der Waals surface area contributed by atoms with Crippen molar-refractivity contribution in [1.82, 2.24) is 20.0 Å². The summed E-state index contributed by atoms with van der Waals surface area (Å²) in [5, 5.41) is 15.0. The Balaban J connectivity index is 1.73. The Morgan fingerprint density at radius 1 is 1.27 bits per heavy atom. The van der Waals surface area contributed by atoms with E-state index < -0.39 is 6.10 Å². The van der Waals surface area contributed by atoms with Gasteiger partial charge in [0.15, 0.2) is 0 Å². The lowest BCUT2D eigenvalue weighted by Gasteiger charge is -2.25. The molecule has 3 heterocycles. The van der Waals surface area contributed by atoms with Gasteiger partial charge < -0.3 is 9.67 Å². The highest BCUT2D eigenvalue weighted by atomic mass is 32.1. The fourth-order valence-corrected chi connectivity index (χ4v) is 6.92. The first-order valence-electron chi connectivity index (χ1n) is 15.9. The molecular weight excluding hydrogens is 566 g/mol. The maximum Gasteiger partial charge on any atom is 0.136 e. The molecule has 0 fully saturated rings. The van der Waals surface area contributed by atoms with Crippen LogP contribution in [-0.2, 0) is 24.2 Å². The molecule has 236 valence electrons. The number of pyridine rings is 1. The first-order chi connectivity index (χ1) is 21.1. The van der Waals surface area contributed by atoms with Gasteiger partial charge in [0.2, 0.25) is 0 Å². The number of nitrogens with one attached hydrogen (secondary N) is 1. The van der Waals surface area contributed by atoms with Crippen LogP contribution in [0, 0.1) is 11.3 Å². The summed E-state index contributed by atoms with van der Waals surface area (Å²) in [7, 11) is 0. The Morgan fingerprint density at radius 2 is 2.07 bits per heavy atom. The van der Waals surface area contributed by atoms with E-state index in [2.05, 4.69) is 72.0 Å². The van der Waals surface area contributed by atoms with Gasteiger partial charge in [-0.25, -0.2) is 4.98 Å². The number of hydrazine groups is 1. The average Bonchev–Trinajstić information content (AvgIpc) is 3.61. The average molecular weight is 616 g/mol. The van der Waals surface area contributed by atoms with Crippen LogP contribution in [0.2, 0.25) is 0 Å². The molecule has 4 rings (SSSR count). The lowest BCUT2D eigenvalue weighted by atomic mass is 9.80. The minimum Gasteiger partial charge on any atom is -0.387 e. The lowest BCUT2D eigenvalue weighted by molar-refractivity contribution is -0.122. The summed E-state index contributed by atoms with van der Waals surface area (Å²) in [5.74, 6) is 5.67. The maximum atomic E-state index is 12.7. The van der Waals surface area contributed by atoms with E-state index in [0.29, 0.717) is 18.5 Å². The zero-order chi connectivity index (χ0) is 31.9. The summed E-state index contributed by atoms with van der Waals surface area (Å²) in [5.41, 5.74) is 9.94. The topological polar surface area (TPSA) is 106 Å². The van der Waals surface area contributed by atoms with E-state index in [0.717, 1.165) is 72.7 Å². The second-order valence-electron chi connectivity index (χ2n) is 12.7. The number of carbonyl (C=O) groups excluding carboxylic acids is 1. The Labute approximate surface area is 266 Å². The molecule has 1 aromatic carbocycles. The van der Waals surface area contributed by atoms with Crippen molar-refractivity contribution in [1.29, 1.82) is 0 Å². The number of allylic oxidation sites excluding steroid dienone is 1. The van der Waals surface area contributed by atoms with E-state index in [1.54, 1.807) is 24.5 Å². The summed E-state index contributed by atoms with van der Waals surface area (Å²) in [6.07, 6.45) is 8.83. The zero-order valence-corrected chi connectivity index (χ0v) is 27.8. The normalized spacial score (nSPS) is 13.3. The first kappa shape index (κ1) is 33.7. The number of thiazole rings is 1. The van der Waals surface area contributed by atoms with Crippen molar-refractivity contribution in [2.45, 2.75) is 92.2 Å². The molecule has 0 bridgehead atoms. The number of aryl methyl sites for hydroxylation is 2. The zero-order valence-electron chi connectivity index (χ0n) is 27.0. The highest BCUT2D eigenvalue weighted by Gasteiger charge is 2.27. The number of Topliss-reactive ketones (excluding diaryl/α,β-unsaturated/α-hetero) is 1. The van der Waals surface area contributed by atoms with Gasteiger partial charge in [-0.2, -0.15) is 0 Å². The van der Waals surface area contributed by atoms with E-state index in [9.17, 15) is 9.90 Å². The fourth-order valence-electron chi connectivity index (χ4n) is 6.12. The molecule has 2 unspecified atom stereocenters. The quantitative estimate of drug-likeness (QED) is 0.0484. The minimum absolute atomic E-state index is 0.0327. The fraction of sp³-hybridized carbons (Fsp3) is 0.472. The molecule has 44 heavy (non-hydrogen) atoms. The van der Waals surface area contributed by atoms with E-state index in [-0.39, 0.29) is 17.1 Å². The van der Waals surface area contributed by atoms with E-state index >= 15 is 0 Å². The van der Waals surface area contributed by atoms with Crippen molar-refractivity contribution in [2.75, 3.05) is 6.54 Å². The number of fused-ring (bicyclic) bond motifs is 1. The Bertz CT molecular complexity index is 1570. The third kappa shape index (κ3) is 7.91. The molecule has 0 saturated heterocycles. The van der Waals surface area contributed by atoms with Crippen molar-refractivity contribution >= 4 is 28.0 Å². The van der Waals surface area contributed by atoms with Crippen LogP contribution < -0.4 is 11.3 Å². The largest absolute Gasteiger partial charge is 0.387 e. The van der Waals surface area contributed by atoms with Crippen LogP contribution in [0.15, 0.2) is 54.6 Å². The van der Waals surface area contributed by atoms with Crippen LogP contribution in [0.25, 0.3) is 33.4 Å². The Kier molecular flexibility index (Phi) is 11.7. The molecule has 0 aliphatic rings. The molecule has 2 atom stereocenters. The van der Waals surface area contributed by atoms with Crippen LogP contribution in [-0.4, -0.2) is 32.0 Å². The number of hydrogen-bond acceptors (Lipinski definition) is 7. The highest BCUT2D eigenvalue weighted by molar-refractivity contribution is 7.09. The van der Waals surface area contributed by atoms with E-state index in [4.69, 9.17) is 10.8 Å². The second kappa shape index (κ2) is 15.2. The Hall–Kier alpha value is -3.17. The number of hydrogen-bond donors (Lipinski definition) is 3. The monoisotopic (exact) mass is 615 g/mol. The molecule has 7 nitrogen and oxygen atoms in total. The molecule has 4 aromatic rings. The van der Waals surface area contributed by atoms with Crippen LogP contribution in [0.3, 0.4) is 0 Å².